The highest BCUT2D eigenvalue weighted by Crippen LogP contribution is 2.22. The SMILES string of the molecule is CCCCC(O)(CCCC)C(=O)N/N=C\c1ccc(OC)cc1. The molecule has 0 unspecified atom stereocenters. The lowest BCUT2D eigenvalue weighted by molar-refractivity contribution is -0.141. The van der Waals surface area contributed by atoms with Crippen molar-refractivity contribution in [2.75, 3.05) is 7.11 Å². The fourth-order valence-electron chi connectivity index (χ4n) is 2.25. The second-order valence-electron chi connectivity index (χ2n) is 5.71. The second kappa shape index (κ2) is 10.0. The average molecular weight is 320 g/mol. The molecule has 1 rings (SSSR count). The van der Waals surface area contributed by atoms with Crippen molar-refractivity contribution in [1.29, 1.82) is 0 Å². The summed E-state index contributed by atoms with van der Waals surface area (Å²) < 4.78 is 5.08. The normalized spacial score (nSPS) is 11.7. The van der Waals surface area contributed by atoms with E-state index in [1.807, 2.05) is 38.1 Å². The average Bonchev–Trinajstić information content (AvgIpc) is 2.58. The van der Waals surface area contributed by atoms with E-state index in [0.717, 1.165) is 37.0 Å². The number of benzene rings is 1. The molecule has 128 valence electrons. The van der Waals surface area contributed by atoms with Crippen LogP contribution in [0, 0.1) is 0 Å². The van der Waals surface area contributed by atoms with Crippen LogP contribution in [0.15, 0.2) is 29.4 Å². The third-order valence-corrected chi connectivity index (χ3v) is 3.81. The maximum Gasteiger partial charge on any atom is 0.271 e. The summed E-state index contributed by atoms with van der Waals surface area (Å²) in [6.45, 7) is 4.08. The monoisotopic (exact) mass is 320 g/mol. The van der Waals surface area contributed by atoms with Crippen LogP contribution >= 0.6 is 0 Å². The van der Waals surface area contributed by atoms with Gasteiger partial charge in [-0.2, -0.15) is 5.10 Å². The molecular weight excluding hydrogens is 292 g/mol. The largest absolute Gasteiger partial charge is 0.497 e. The van der Waals surface area contributed by atoms with Gasteiger partial charge in [0.2, 0.25) is 0 Å². The first kappa shape index (κ1) is 19.2. The lowest BCUT2D eigenvalue weighted by atomic mass is 9.90. The molecule has 0 atom stereocenters. The molecule has 1 aromatic rings. The number of methoxy groups -OCH3 is 1. The molecule has 0 radical (unpaired) electrons. The van der Waals surface area contributed by atoms with Crippen molar-refractivity contribution < 1.29 is 14.6 Å². The molecule has 23 heavy (non-hydrogen) atoms. The molecule has 0 aromatic heterocycles. The predicted octanol–water partition coefficient (Wildman–Crippen LogP) is 3.26. The van der Waals surface area contributed by atoms with Gasteiger partial charge in [0, 0.05) is 0 Å². The first-order valence-electron chi connectivity index (χ1n) is 8.25. The molecule has 5 nitrogen and oxygen atoms in total. The molecule has 0 bridgehead atoms. The number of hydrogen-bond donors (Lipinski definition) is 2. The summed E-state index contributed by atoms with van der Waals surface area (Å²) in [5, 5.41) is 14.6. The number of amides is 1. The van der Waals surface area contributed by atoms with Crippen LogP contribution < -0.4 is 10.2 Å². The van der Waals surface area contributed by atoms with Crippen molar-refractivity contribution in [1.82, 2.24) is 5.43 Å². The van der Waals surface area contributed by atoms with Crippen molar-refractivity contribution in [3.05, 3.63) is 29.8 Å². The number of nitrogens with one attached hydrogen (secondary N) is 1. The van der Waals surface area contributed by atoms with Crippen molar-refractivity contribution >= 4 is 12.1 Å². The Morgan fingerprint density at radius 1 is 1.22 bits per heavy atom. The number of aliphatic hydroxyl groups is 1. The highest BCUT2D eigenvalue weighted by atomic mass is 16.5. The van der Waals surface area contributed by atoms with E-state index in [1.165, 1.54) is 0 Å². The minimum Gasteiger partial charge on any atom is -0.497 e. The van der Waals surface area contributed by atoms with Gasteiger partial charge in [-0.05, 0) is 42.7 Å². The van der Waals surface area contributed by atoms with E-state index >= 15 is 0 Å². The number of unbranched alkanes of at least 4 members (excludes halogenated alkanes) is 2. The topological polar surface area (TPSA) is 70.9 Å². The number of hydrazone groups is 1. The minimum atomic E-state index is -1.33. The second-order valence-corrected chi connectivity index (χ2v) is 5.71. The standard InChI is InChI=1S/C18H28N2O3/c1-4-6-12-18(22,13-7-5-2)17(21)20-19-14-15-8-10-16(23-3)11-9-15/h8-11,14,22H,4-7,12-13H2,1-3H3,(H,20,21)/b19-14-. The van der Waals surface area contributed by atoms with Gasteiger partial charge in [-0.1, -0.05) is 39.5 Å². The summed E-state index contributed by atoms with van der Waals surface area (Å²) in [7, 11) is 1.61. The predicted molar refractivity (Wildman–Crippen MR) is 92.7 cm³/mol. The van der Waals surface area contributed by atoms with Crippen LogP contribution in [0.2, 0.25) is 0 Å². The zero-order valence-corrected chi connectivity index (χ0v) is 14.3. The maximum absolute atomic E-state index is 12.3. The van der Waals surface area contributed by atoms with E-state index in [1.54, 1.807) is 13.3 Å². The molecule has 0 heterocycles. The lowest BCUT2D eigenvalue weighted by Crippen LogP contribution is -2.45. The number of nitrogens with zero attached hydrogens (tertiary/aromatic N) is 1. The zero-order valence-electron chi connectivity index (χ0n) is 14.3. The Labute approximate surface area is 138 Å². The number of carbonyl (C=O) groups excluding carboxylic acids is 1. The highest BCUT2D eigenvalue weighted by Gasteiger charge is 2.34. The van der Waals surface area contributed by atoms with Crippen molar-refractivity contribution in [3.8, 4) is 5.75 Å². The lowest BCUT2D eigenvalue weighted by Gasteiger charge is -2.25. The van der Waals surface area contributed by atoms with Gasteiger partial charge in [0.25, 0.3) is 5.91 Å². The van der Waals surface area contributed by atoms with E-state index < -0.39 is 11.5 Å². The molecular formula is C18H28N2O3. The number of rotatable bonds is 10. The van der Waals surface area contributed by atoms with Crippen molar-refractivity contribution in [2.45, 2.75) is 58.0 Å². The molecule has 0 aliphatic rings. The summed E-state index contributed by atoms with van der Waals surface area (Å²) >= 11 is 0. The molecule has 0 saturated heterocycles. The zero-order chi connectivity index (χ0) is 17.1. The molecule has 1 amide bonds. The maximum atomic E-state index is 12.3. The van der Waals surface area contributed by atoms with Gasteiger partial charge in [0.15, 0.2) is 0 Å². The molecule has 1 aromatic carbocycles. The first-order chi connectivity index (χ1) is 11.1. The first-order valence-corrected chi connectivity index (χ1v) is 8.25. The molecule has 0 fully saturated rings. The van der Waals surface area contributed by atoms with Crippen LogP contribution in [0.5, 0.6) is 5.75 Å². The molecule has 0 saturated carbocycles. The molecule has 0 spiro atoms. The highest BCUT2D eigenvalue weighted by molar-refractivity contribution is 5.87. The summed E-state index contributed by atoms with van der Waals surface area (Å²) in [6.07, 6.45) is 6.00. The Balaban J connectivity index is 2.63. The Bertz CT molecular complexity index is 489. The fourth-order valence-corrected chi connectivity index (χ4v) is 2.25. The summed E-state index contributed by atoms with van der Waals surface area (Å²) in [6, 6.07) is 7.33. The summed E-state index contributed by atoms with van der Waals surface area (Å²) in [4.78, 5) is 12.3. The van der Waals surface area contributed by atoms with E-state index in [0.29, 0.717) is 12.8 Å². The number of ether oxygens (including phenoxy) is 1. The summed E-state index contributed by atoms with van der Waals surface area (Å²) in [5.74, 6) is 0.337. The number of hydrogen-bond acceptors (Lipinski definition) is 4. The summed E-state index contributed by atoms with van der Waals surface area (Å²) in [5.41, 5.74) is 1.98. The van der Waals surface area contributed by atoms with Crippen molar-refractivity contribution in [3.63, 3.8) is 0 Å². The third-order valence-electron chi connectivity index (χ3n) is 3.81. The van der Waals surface area contributed by atoms with Crippen LogP contribution in [0.1, 0.15) is 57.9 Å². The van der Waals surface area contributed by atoms with E-state index in [9.17, 15) is 9.90 Å². The van der Waals surface area contributed by atoms with Crippen LogP contribution in [-0.2, 0) is 4.79 Å². The van der Waals surface area contributed by atoms with Gasteiger partial charge >= 0.3 is 0 Å². The molecule has 2 N–H and O–H groups in total. The molecule has 0 aliphatic carbocycles. The third kappa shape index (κ3) is 6.40. The Morgan fingerprint density at radius 3 is 2.26 bits per heavy atom. The van der Waals surface area contributed by atoms with E-state index in [2.05, 4.69) is 10.5 Å². The van der Waals surface area contributed by atoms with Gasteiger partial charge < -0.3 is 9.84 Å². The van der Waals surface area contributed by atoms with E-state index in [4.69, 9.17) is 4.74 Å². The Hall–Kier alpha value is -1.88. The van der Waals surface area contributed by atoms with Crippen LogP contribution in [0.3, 0.4) is 0 Å². The quantitative estimate of drug-likeness (QED) is 0.513. The Morgan fingerprint density at radius 2 is 1.78 bits per heavy atom. The van der Waals surface area contributed by atoms with Crippen LogP contribution in [0.25, 0.3) is 0 Å². The Kier molecular flexibility index (Phi) is 8.33. The van der Waals surface area contributed by atoms with E-state index in [-0.39, 0.29) is 0 Å². The molecule has 0 aliphatic heterocycles. The smallest absolute Gasteiger partial charge is 0.271 e. The van der Waals surface area contributed by atoms with Gasteiger partial charge in [-0.15, -0.1) is 0 Å². The van der Waals surface area contributed by atoms with Gasteiger partial charge in [-0.3, -0.25) is 4.79 Å². The minimum absolute atomic E-state index is 0.427. The van der Waals surface area contributed by atoms with Gasteiger partial charge in [0.05, 0.1) is 13.3 Å². The number of carbonyl (C=O) groups is 1. The molecule has 5 heteroatoms. The van der Waals surface area contributed by atoms with Crippen LogP contribution in [0.4, 0.5) is 0 Å². The van der Waals surface area contributed by atoms with Gasteiger partial charge in [0.1, 0.15) is 11.4 Å². The fraction of sp³-hybridized carbons (Fsp3) is 0.556. The van der Waals surface area contributed by atoms with Crippen LogP contribution in [-0.4, -0.2) is 29.9 Å². The van der Waals surface area contributed by atoms with Crippen molar-refractivity contribution in [2.24, 2.45) is 5.10 Å². The van der Waals surface area contributed by atoms with Gasteiger partial charge in [-0.25, -0.2) is 5.43 Å².